The molecule has 0 saturated carbocycles. The molecule has 4 rings (SSSR count). The summed E-state index contributed by atoms with van der Waals surface area (Å²) in [7, 11) is 1.40. The second-order valence-corrected chi connectivity index (χ2v) is 8.34. The quantitative estimate of drug-likeness (QED) is 0.474. The van der Waals surface area contributed by atoms with E-state index in [1.54, 1.807) is 22.3 Å². The summed E-state index contributed by atoms with van der Waals surface area (Å²) in [5.74, 6) is 0.0649. The molecule has 0 fully saturated rings. The van der Waals surface area contributed by atoms with E-state index in [1.165, 1.54) is 23.1 Å². The van der Waals surface area contributed by atoms with Gasteiger partial charge in [-0.25, -0.2) is 14.5 Å². The molecule has 0 bridgehead atoms. The second kappa shape index (κ2) is 8.30. The number of hydrogen-bond donors (Lipinski definition) is 2. The second-order valence-electron chi connectivity index (χ2n) is 6.82. The number of fused-ring (bicyclic) bond motifs is 1. The van der Waals surface area contributed by atoms with Crippen LogP contribution in [0.2, 0.25) is 0 Å². The molecule has 0 saturated heterocycles. The van der Waals surface area contributed by atoms with Gasteiger partial charge in [-0.1, -0.05) is 24.3 Å². The molecule has 0 radical (unpaired) electrons. The van der Waals surface area contributed by atoms with E-state index in [1.807, 2.05) is 12.1 Å². The number of carbonyl (C=O) groups excluding carboxylic acids is 1. The first-order valence-corrected chi connectivity index (χ1v) is 10.5. The van der Waals surface area contributed by atoms with E-state index in [0.29, 0.717) is 28.2 Å². The number of thiophene rings is 1. The maximum absolute atomic E-state index is 12.3. The Morgan fingerprint density at radius 1 is 1.31 bits per heavy atom. The fraction of sp³-hybridized carbons (Fsp3) is 0.300. The Morgan fingerprint density at radius 2 is 2.14 bits per heavy atom. The van der Waals surface area contributed by atoms with Crippen LogP contribution in [0.5, 0.6) is 0 Å². The molecule has 0 spiro atoms. The van der Waals surface area contributed by atoms with Gasteiger partial charge in [-0.2, -0.15) is 0 Å². The van der Waals surface area contributed by atoms with Gasteiger partial charge in [0.1, 0.15) is 11.3 Å². The fourth-order valence-electron chi connectivity index (χ4n) is 3.44. The molecule has 2 heterocycles. The van der Waals surface area contributed by atoms with E-state index in [9.17, 15) is 4.79 Å². The predicted octanol–water partition coefficient (Wildman–Crippen LogP) is 3.78. The molecule has 3 aromatic rings. The van der Waals surface area contributed by atoms with Gasteiger partial charge in [0.2, 0.25) is 5.95 Å². The lowest BCUT2D eigenvalue weighted by Crippen LogP contribution is -2.21. The summed E-state index contributed by atoms with van der Waals surface area (Å²) in [6.45, 7) is 2.70. The van der Waals surface area contributed by atoms with Crippen LogP contribution in [0.15, 0.2) is 30.6 Å². The zero-order chi connectivity index (χ0) is 20.4. The summed E-state index contributed by atoms with van der Waals surface area (Å²) >= 11 is 6.96. The number of nitrogens with zero attached hydrogens (tertiary/aromatic N) is 3. The molecule has 0 atom stereocenters. The van der Waals surface area contributed by atoms with Crippen molar-refractivity contribution in [2.24, 2.45) is 0 Å². The first-order chi connectivity index (χ1) is 14.0. The van der Waals surface area contributed by atoms with Crippen LogP contribution in [-0.2, 0) is 24.1 Å². The maximum Gasteiger partial charge on any atom is 0.341 e. The van der Waals surface area contributed by atoms with E-state index in [-0.39, 0.29) is 5.97 Å². The lowest BCUT2D eigenvalue weighted by atomic mass is 10.1. The number of esters is 1. The molecule has 2 aromatic heterocycles. The summed E-state index contributed by atoms with van der Waals surface area (Å²) in [6.07, 6.45) is 4.60. The minimum Gasteiger partial charge on any atom is -0.465 e. The molecule has 1 aromatic carbocycles. The Balaban J connectivity index is 1.44. The average molecular weight is 428 g/mol. The topological polar surface area (TPSA) is 81.1 Å². The van der Waals surface area contributed by atoms with Crippen LogP contribution >= 0.6 is 23.6 Å². The molecule has 0 amide bonds. The van der Waals surface area contributed by atoms with E-state index in [2.05, 4.69) is 39.8 Å². The van der Waals surface area contributed by atoms with Crippen molar-refractivity contribution in [1.82, 2.24) is 14.8 Å². The smallest absolute Gasteiger partial charge is 0.341 e. The summed E-state index contributed by atoms with van der Waals surface area (Å²) in [5, 5.41) is 11.6. The summed E-state index contributed by atoms with van der Waals surface area (Å²) in [5.41, 5.74) is 4.05. The first kappa shape index (κ1) is 19.5. The third kappa shape index (κ3) is 4.15. The molecule has 1 aliphatic carbocycles. The van der Waals surface area contributed by atoms with Gasteiger partial charge in [0.25, 0.3) is 0 Å². The highest BCUT2D eigenvalue weighted by Gasteiger charge is 2.27. The van der Waals surface area contributed by atoms with Crippen LogP contribution in [0.4, 0.5) is 10.9 Å². The summed E-state index contributed by atoms with van der Waals surface area (Å²) in [4.78, 5) is 17.7. The van der Waals surface area contributed by atoms with Gasteiger partial charge in [0.05, 0.1) is 19.2 Å². The Labute approximate surface area is 178 Å². The van der Waals surface area contributed by atoms with Gasteiger partial charge in [0, 0.05) is 4.88 Å². The van der Waals surface area contributed by atoms with Crippen LogP contribution in [-0.4, -0.2) is 33.0 Å². The number of benzene rings is 1. The van der Waals surface area contributed by atoms with Crippen LogP contribution < -0.4 is 10.6 Å². The standard InChI is InChI=1S/C20H21N5O2S2/c1-12-6-3-4-7-13(12)10-25-11-21-19(24-25)23-20(28)22-17-16(18(26)27-2)14-8-5-9-15(14)29-17/h3-4,6-7,11H,5,8-10H2,1-2H3,(H2,22,23,24,28). The number of anilines is 2. The molecule has 1 aliphatic rings. The molecular formula is C20H21N5O2S2. The molecule has 9 heteroatoms. The minimum absolute atomic E-state index is 0.337. The number of aromatic nitrogens is 3. The third-order valence-electron chi connectivity index (χ3n) is 4.89. The van der Waals surface area contributed by atoms with Gasteiger partial charge in [-0.05, 0) is 55.1 Å². The van der Waals surface area contributed by atoms with Gasteiger partial charge < -0.3 is 10.1 Å². The zero-order valence-corrected chi connectivity index (χ0v) is 17.8. The summed E-state index contributed by atoms with van der Waals surface area (Å²) < 4.78 is 6.72. The molecule has 29 heavy (non-hydrogen) atoms. The van der Waals surface area contributed by atoms with E-state index in [4.69, 9.17) is 17.0 Å². The molecular weight excluding hydrogens is 406 g/mol. The Bertz CT molecular complexity index is 1070. The highest BCUT2D eigenvalue weighted by Crippen LogP contribution is 2.39. The average Bonchev–Trinajstić information content (AvgIpc) is 3.39. The largest absolute Gasteiger partial charge is 0.465 e. The van der Waals surface area contributed by atoms with Gasteiger partial charge in [-0.15, -0.1) is 16.4 Å². The number of methoxy groups -OCH3 is 1. The fourth-order valence-corrected chi connectivity index (χ4v) is 4.98. The van der Waals surface area contributed by atoms with E-state index in [0.717, 1.165) is 24.8 Å². The lowest BCUT2D eigenvalue weighted by molar-refractivity contribution is 0.0601. The van der Waals surface area contributed by atoms with Crippen molar-refractivity contribution >= 4 is 45.6 Å². The van der Waals surface area contributed by atoms with Gasteiger partial charge in [0.15, 0.2) is 5.11 Å². The number of carbonyl (C=O) groups is 1. The molecule has 2 N–H and O–H groups in total. The van der Waals surface area contributed by atoms with E-state index >= 15 is 0 Å². The van der Waals surface area contributed by atoms with Crippen molar-refractivity contribution in [3.63, 3.8) is 0 Å². The Hall–Kier alpha value is -2.78. The third-order valence-corrected chi connectivity index (χ3v) is 6.30. The number of nitrogens with one attached hydrogen (secondary N) is 2. The van der Waals surface area contributed by atoms with Crippen LogP contribution in [0.3, 0.4) is 0 Å². The lowest BCUT2D eigenvalue weighted by Gasteiger charge is -2.09. The van der Waals surface area contributed by atoms with Crippen LogP contribution in [0, 0.1) is 6.92 Å². The predicted molar refractivity (Wildman–Crippen MR) is 118 cm³/mol. The number of aryl methyl sites for hydroxylation is 2. The van der Waals surface area contributed by atoms with Crippen molar-refractivity contribution in [1.29, 1.82) is 0 Å². The number of hydrogen-bond acceptors (Lipinski definition) is 6. The van der Waals surface area contributed by atoms with Crippen molar-refractivity contribution in [2.45, 2.75) is 32.7 Å². The normalized spacial score (nSPS) is 12.5. The van der Waals surface area contributed by atoms with Crippen molar-refractivity contribution < 1.29 is 9.53 Å². The number of thiocarbonyl (C=S) groups is 1. The maximum atomic E-state index is 12.3. The van der Waals surface area contributed by atoms with Crippen molar-refractivity contribution in [3.8, 4) is 0 Å². The zero-order valence-electron chi connectivity index (χ0n) is 16.2. The molecule has 7 nitrogen and oxygen atoms in total. The Kier molecular flexibility index (Phi) is 5.59. The number of ether oxygens (including phenoxy) is 1. The van der Waals surface area contributed by atoms with Crippen LogP contribution in [0.25, 0.3) is 0 Å². The van der Waals surface area contributed by atoms with Crippen molar-refractivity contribution in [3.05, 3.63) is 57.7 Å². The minimum atomic E-state index is -0.338. The molecule has 0 unspecified atom stereocenters. The van der Waals surface area contributed by atoms with Gasteiger partial charge in [-0.3, -0.25) is 5.32 Å². The van der Waals surface area contributed by atoms with Crippen molar-refractivity contribution in [2.75, 3.05) is 17.7 Å². The Morgan fingerprint density at radius 3 is 2.93 bits per heavy atom. The highest BCUT2D eigenvalue weighted by molar-refractivity contribution is 7.80. The SMILES string of the molecule is COC(=O)c1c(NC(=S)Nc2ncn(Cc3ccccc3C)n2)sc2c1CCC2. The van der Waals surface area contributed by atoms with E-state index < -0.39 is 0 Å². The monoisotopic (exact) mass is 427 g/mol. The molecule has 150 valence electrons. The number of rotatable bonds is 5. The highest BCUT2D eigenvalue weighted by atomic mass is 32.1. The van der Waals surface area contributed by atoms with Gasteiger partial charge >= 0.3 is 5.97 Å². The molecule has 0 aliphatic heterocycles. The first-order valence-electron chi connectivity index (χ1n) is 9.30. The van der Waals surface area contributed by atoms with Crippen LogP contribution in [0.1, 0.15) is 38.3 Å². The summed E-state index contributed by atoms with van der Waals surface area (Å²) in [6, 6.07) is 8.16.